The summed E-state index contributed by atoms with van der Waals surface area (Å²) in [6, 6.07) is 0.848. The Balaban J connectivity index is 1.89. The molecule has 2 N–H and O–H groups in total. The largest absolute Gasteiger partial charge is 0.377 e. The molecule has 2 saturated heterocycles. The lowest BCUT2D eigenvalue weighted by molar-refractivity contribution is -0.00892. The molecule has 4 heteroatoms. The zero-order valence-corrected chi connectivity index (χ0v) is 12.2. The fraction of sp³-hybridized carbons (Fsp3) is 1.00. The van der Waals surface area contributed by atoms with Gasteiger partial charge in [-0.1, -0.05) is 0 Å². The summed E-state index contributed by atoms with van der Waals surface area (Å²) in [4.78, 5) is 5.20. The molecule has 2 rings (SSSR count). The molecule has 0 aromatic heterocycles. The molecule has 0 radical (unpaired) electrons. The molecular weight excluding hydrogens is 226 g/mol. The summed E-state index contributed by atoms with van der Waals surface area (Å²) < 4.78 is 5.50. The molecule has 0 aliphatic carbocycles. The fourth-order valence-corrected chi connectivity index (χ4v) is 3.10. The first-order valence-corrected chi connectivity index (χ1v) is 7.30. The third-order valence-electron chi connectivity index (χ3n) is 4.76. The van der Waals surface area contributed by atoms with Crippen LogP contribution >= 0.6 is 0 Å². The summed E-state index contributed by atoms with van der Waals surface area (Å²) in [6.07, 6.45) is 4.00. The standard InChI is InChI=1S/C14H29N3O/c1-14(2,18-3)13(15)11-16-7-5-9-17-8-4-6-12(17)10-16/h12-13H,4-11,15H2,1-3H3. The van der Waals surface area contributed by atoms with Gasteiger partial charge in [-0.05, 0) is 52.7 Å². The Morgan fingerprint density at radius 2 is 2.00 bits per heavy atom. The van der Waals surface area contributed by atoms with Gasteiger partial charge < -0.3 is 15.4 Å². The number of ether oxygens (including phenoxy) is 1. The predicted molar refractivity (Wildman–Crippen MR) is 74.7 cm³/mol. The summed E-state index contributed by atoms with van der Waals surface area (Å²) in [7, 11) is 1.75. The minimum absolute atomic E-state index is 0.0791. The van der Waals surface area contributed by atoms with Crippen LogP contribution < -0.4 is 5.73 Å². The van der Waals surface area contributed by atoms with Gasteiger partial charge in [0.15, 0.2) is 0 Å². The van der Waals surface area contributed by atoms with Crippen molar-refractivity contribution in [1.29, 1.82) is 0 Å². The zero-order chi connectivity index (χ0) is 13.2. The average Bonchev–Trinajstić information content (AvgIpc) is 2.68. The molecule has 0 spiro atoms. The van der Waals surface area contributed by atoms with Crippen molar-refractivity contribution in [1.82, 2.24) is 9.80 Å². The smallest absolute Gasteiger partial charge is 0.0785 e. The summed E-state index contributed by atoms with van der Waals surface area (Å²) in [5.41, 5.74) is 6.07. The van der Waals surface area contributed by atoms with Crippen LogP contribution in [0.15, 0.2) is 0 Å². The summed E-state index contributed by atoms with van der Waals surface area (Å²) in [5.74, 6) is 0. The quantitative estimate of drug-likeness (QED) is 0.811. The predicted octanol–water partition coefficient (Wildman–Crippen LogP) is 0.909. The highest BCUT2D eigenvalue weighted by molar-refractivity contribution is 4.89. The molecule has 106 valence electrons. The molecule has 2 unspecified atom stereocenters. The van der Waals surface area contributed by atoms with E-state index >= 15 is 0 Å². The molecule has 2 aliphatic rings. The van der Waals surface area contributed by atoms with E-state index in [9.17, 15) is 0 Å². The lowest BCUT2D eigenvalue weighted by atomic mass is 9.98. The lowest BCUT2D eigenvalue weighted by Gasteiger charge is -2.35. The Hall–Kier alpha value is -0.160. The van der Waals surface area contributed by atoms with E-state index in [0.29, 0.717) is 0 Å². The Labute approximate surface area is 111 Å². The van der Waals surface area contributed by atoms with Crippen molar-refractivity contribution in [3.05, 3.63) is 0 Å². The van der Waals surface area contributed by atoms with Gasteiger partial charge in [0.25, 0.3) is 0 Å². The second-order valence-electron chi connectivity index (χ2n) is 6.36. The minimum atomic E-state index is -0.234. The van der Waals surface area contributed by atoms with E-state index in [-0.39, 0.29) is 11.6 Å². The Kier molecular flexibility index (Phi) is 4.64. The highest BCUT2D eigenvalue weighted by Gasteiger charge is 2.32. The topological polar surface area (TPSA) is 41.7 Å². The monoisotopic (exact) mass is 255 g/mol. The molecule has 2 aliphatic heterocycles. The summed E-state index contributed by atoms with van der Waals surface area (Å²) >= 11 is 0. The maximum Gasteiger partial charge on any atom is 0.0785 e. The van der Waals surface area contributed by atoms with Gasteiger partial charge in [0, 0.05) is 32.3 Å². The van der Waals surface area contributed by atoms with Crippen molar-refractivity contribution in [2.45, 2.75) is 50.8 Å². The van der Waals surface area contributed by atoms with Crippen LogP contribution in [0, 0.1) is 0 Å². The molecule has 0 aromatic rings. The van der Waals surface area contributed by atoms with E-state index < -0.39 is 0 Å². The number of rotatable bonds is 4. The molecule has 0 bridgehead atoms. The molecular formula is C14H29N3O. The van der Waals surface area contributed by atoms with Crippen LogP contribution in [0.4, 0.5) is 0 Å². The van der Waals surface area contributed by atoms with Crippen LogP contribution in [0.5, 0.6) is 0 Å². The van der Waals surface area contributed by atoms with Gasteiger partial charge in [0.05, 0.1) is 5.60 Å². The SMILES string of the molecule is COC(C)(C)C(N)CN1CCCN2CCCC2C1. The van der Waals surface area contributed by atoms with Gasteiger partial charge in [-0.2, -0.15) is 0 Å². The summed E-state index contributed by atoms with van der Waals surface area (Å²) in [6.45, 7) is 10.0. The third kappa shape index (κ3) is 3.23. The highest BCUT2D eigenvalue weighted by atomic mass is 16.5. The van der Waals surface area contributed by atoms with Crippen molar-refractivity contribution < 1.29 is 4.74 Å². The van der Waals surface area contributed by atoms with Gasteiger partial charge in [-0.15, -0.1) is 0 Å². The Morgan fingerprint density at radius 1 is 1.28 bits per heavy atom. The van der Waals surface area contributed by atoms with Crippen molar-refractivity contribution >= 4 is 0 Å². The number of hydrogen-bond acceptors (Lipinski definition) is 4. The van der Waals surface area contributed by atoms with E-state index in [2.05, 4.69) is 23.6 Å². The number of hydrogen-bond donors (Lipinski definition) is 1. The normalized spacial score (nSPS) is 29.0. The van der Waals surface area contributed by atoms with Crippen molar-refractivity contribution in [3.63, 3.8) is 0 Å². The van der Waals surface area contributed by atoms with Crippen molar-refractivity contribution in [2.75, 3.05) is 39.8 Å². The number of nitrogens with zero attached hydrogens (tertiary/aromatic N) is 2. The minimum Gasteiger partial charge on any atom is -0.377 e. The van der Waals surface area contributed by atoms with Gasteiger partial charge in [-0.3, -0.25) is 4.90 Å². The lowest BCUT2D eigenvalue weighted by Crippen LogP contribution is -2.52. The summed E-state index contributed by atoms with van der Waals surface area (Å²) in [5, 5.41) is 0. The first-order chi connectivity index (χ1) is 8.53. The van der Waals surface area contributed by atoms with Crippen LogP contribution in [0.2, 0.25) is 0 Å². The maximum atomic E-state index is 6.30. The molecule has 2 fully saturated rings. The van der Waals surface area contributed by atoms with E-state index in [4.69, 9.17) is 10.5 Å². The Bertz CT molecular complexity index is 270. The van der Waals surface area contributed by atoms with Crippen molar-refractivity contribution in [3.8, 4) is 0 Å². The van der Waals surface area contributed by atoms with Gasteiger partial charge >= 0.3 is 0 Å². The van der Waals surface area contributed by atoms with Crippen LogP contribution in [-0.2, 0) is 4.74 Å². The first-order valence-electron chi connectivity index (χ1n) is 7.30. The molecule has 2 atom stereocenters. The number of nitrogens with two attached hydrogens (primary N) is 1. The van der Waals surface area contributed by atoms with Crippen LogP contribution in [0.25, 0.3) is 0 Å². The number of methoxy groups -OCH3 is 1. The van der Waals surface area contributed by atoms with E-state index in [1.54, 1.807) is 7.11 Å². The average molecular weight is 255 g/mol. The fourth-order valence-electron chi connectivity index (χ4n) is 3.10. The molecule has 18 heavy (non-hydrogen) atoms. The number of fused-ring (bicyclic) bond motifs is 1. The zero-order valence-electron chi connectivity index (χ0n) is 12.2. The third-order valence-corrected chi connectivity index (χ3v) is 4.76. The van der Waals surface area contributed by atoms with E-state index in [1.807, 2.05) is 0 Å². The molecule has 0 saturated carbocycles. The second kappa shape index (κ2) is 5.87. The van der Waals surface area contributed by atoms with Crippen LogP contribution in [0.1, 0.15) is 33.1 Å². The van der Waals surface area contributed by atoms with E-state index in [0.717, 1.165) is 12.6 Å². The van der Waals surface area contributed by atoms with Crippen molar-refractivity contribution in [2.24, 2.45) is 5.73 Å². The molecule has 0 aromatic carbocycles. The van der Waals surface area contributed by atoms with Gasteiger partial charge in [0.1, 0.15) is 0 Å². The first kappa shape index (κ1) is 14.3. The van der Waals surface area contributed by atoms with Crippen LogP contribution in [-0.4, -0.2) is 67.3 Å². The maximum absolute atomic E-state index is 6.30. The second-order valence-corrected chi connectivity index (χ2v) is 6.36. The van der Waals surface area contributed by atoms with E-state index in [1.165, 1.54) is 45.4 Å². The Morgan fingerprint density at radius 3 is 2.72 bits per heavy atom. The highest BCUT2D eigenvalue weighted by Crippen LogP contribution is 2.22. The molecule has 0 amide bonds. The van der Waals surface area contributed by atoms with Gasteiger partial charge in [-0.25, -0.2) is 0 Å². The molecule has 2 heterocycles. The molecule has 4 nitrogen and oxygen atoms in total. The van der Waals surface area contributed by atoms with Crippen LogP contribution in [0.3, 0.4) is 0 Å². The van der Waals surface area contributed by atoms with Gasteiger partial charge in [0.2, 0.25) is 0 Å².